The Morgan fingerprint density at radius 2 is 2.12 bits per heavy atom. The van der Waals surface area contributed by atoms with Gasteiger partial charge in [-0.05, 0) is 31.4 Å². The predicted molar refractivity (Wildman–Crippen MR) is 114 cm³/mol. The van der Waals surface area contributed by atoms with Crippen molar-refractivity contribution in [1.82, 2.24) is 15.5 Å². The number of furan rings is 1. The van der Waals surface area contributed by atoms with Crippen LogP contribution in [-0.4, -0.2) is 49.5 Å². The number of hydrogen-bond acceptors (Lipinski definition) is 3. The highest BCUT2D eigenvalue weighted by molar-refractivity contribution is 14.0. The van der Waals surface area contributed by atoms with Gasteiger partial charge in [-0.1, -0.05) is 19.3 Å². The van der Waals surface area contributed by atoms with Crippen molar-refractivity contribution >= 4 is 35.8 Å². The average Bonchev–Trinajstić information content (AvgIpc) is 3.33. The van der Waals surface area contributed by atoms with Crippen LogP contribution in [0.5, 0.6) is 0 Å². The van der Waals surface area contributed by atoms with Crippen molar-refractivity contribution in [3.8, 4) is 0 Å². The predicted octanol–water partition coefficient (Wildman–Crippen LogP) is 2.79. The number of amides is 1. The van der Waals surface area contributed by atoms with Gasteiger partial charge in [-0.15, -0.1) is 24.0 Å². The van der Waals surface area contributed by atoms with Gasteiger partial charge in [0.25, 0.3) is 0 Å². The lowest BCUT2D eigenvalue weighted by atomic mass is 9.88. The minimum absolute atomic E-state index is 0. The van der Waals surface area contributed by atoms with Crippen LogP contribution >= 0.6 is 24.0 Å². The molecule has 2 aliphatic rings. The van der Waals surface area contributed by atoms with Crippen molar-refractivity contribution in [3.05, 3.63) is 24.2 Å². The largest absolute Gasteiger partial charge is 0.469 e. The molecule has 6 nitrogen and oxygen atoms in total. The standard InChI is InChI=1S/C19H30N4O2.HI/c1-20-19(21-11-9-17-8-5-13-25-17)22-16-10-12-23(14-16)18(24)15-6-3-2-4-7-15;/h5,8,13,15-16H,2-4,6-7,9-12,14H2,1H3,(H2,20,21,22);1H. The molecule has 2 N–H and O–H groups in total. The van der Waals surface area contributed by atoms with Gasteiger partial charge in [0.1, 0.15) is 5.76 Å². The first-order chi connectivity index (χ1) is 12.3. The molecule has 7 heteroatoms. The second-order valence-electron chi connectivity index (χ2n) is 7.08. The molecule has 2 fully saturated rings. The zero-order chi connectivity index (χ0) is 17.5. The van der Waals surface area contributed by atoms with Crippen LogP contribution in [0.4, 0.5) is 0 Å². The van der Waals surface area contributed by atoms with Gasteiger partial charge < -0.3 is 20.0 Å². The molecule has 26 heavy (non-hydrogen) atoms. The van der Waals surface area contributed by atoms with Crippen LogP contribution in [0.15, 0.2) is 27.8 Å². The quantitative estimate of drug-likeness (QED) is 0.391. The first-order valence-corrected chi connectivity index (χ1v) is 9.54. The van der Waals surface area contributed by atoms with Crippen LogP contribution in [0.25, 0.3) is 0 Å². The molecular formula is C19H31IN4O2. The third-order valence-electron chi connectivity index (χ3n) is 5.26. The van der Waals surface area contributed by atoms with Gasteiger partial charge in [0.05, 0.1) is 6.26 Å². The molecule has 0 aromatic carbocycles. The summed E-state index contributed by atoms with van der Waals surface area (Å²) in [5.74, 6) is 2.39. The van der Waals surface area contributed by atoms with E-state index in [0.29, 0.717) is 5.91 Å². The normalized spacial score (nSPS) is 21.3. The number of rotatable bonds is 5. The number of carbonyl (C=O) groups excluding carboxylic acids is 1. The maximum Gasteiger partial charge on any atom is 0.225 e. The molecule has 1 saturated heterocycles. The van der Waals surface area contributed by atoms with Crippen molar-refractivity contribution < 1.29 is 9.21 Å². The van der Waals surface area contributed by atoms with E-state index in [9.17, 15) is 4.79 Å². The van der Waals surface area contributed by atoms with E-state index >= 15 is 0 Å². The Bertz CT molecular complexity index is 570. The molecule has 1 aromatic heterocycles. The van der Waals surface area contributed by atoms with Gasteiger partial charge in [0, 0.05) is 45.1 Å². The highest BCUT2D eigenvalue weighted by Gasteiger charge is 2.31. The molecule has 1 aliphatic carbocycles. The number of carbonyl (C=O) groups is 1. The second kappa shape index (κ2) is 10.8. The monoisotopic (exact) mass is 474 g/mol. The summed E-state index contributed by atoms with van der Waals surface area (Å²) in [5, 5.41) is 6.77. The zero-order valence-electron chi connectivity index (χ0n) is 15.6. The molecular weight excluding hydrogens is 443 g/mol. The molecule has 0 radical (unpaired) electrons. The maximum absolute atomic E-state index is 12.6. The summed E-state index contributed by atoms with van der Waals surface area (Å²) in [5.41, 5.74) is 0. The third-order valence-corrected chi connectivity index (χ3v) is 5.26. The van der Waals surface area contributed by atoms with E-state index in [4.69, 9.17) is 4.42 Å². The van der Waals surface area contributed by atoms with Crippen molar-refractivity contribution in [2.24, 2.45) is 10.9 Å². The highest BCUT2D eigenvalue weighted by atomic mass is 127. The summed E-state index contributed by atoms with van der Waals surface area (Å²) < 4.78 is 5.34. The Morgan fingerprint density at radius 3 is 2.81 bits per heavy atom. The second-order valence-corrected chi connectivity index (χ2v) is 7.08. The SMILES string of the molecule is CN=C(NCCc1ccco1)NC1CCN(C(=O)C2CCCCC2)C1.I. The fourth-order valence-electron chi connectivity index (χ4n) is 3.83. The summed E-state index contributed by atoms with van der Waals surface area (Å²) in [6, 6.07) is 4.16. The number of halogens is 1. The van der Waals surface area contributed by atoms with Gasteiger partial charge in [0.2, 0.25) is 5.91 Å². The van der Waals surface area contributed by atoms with Crippen molar-refractivity contribution in [2.75, 3.05) is 26.7 Å². The Kier molecular flexibility index (Phi) is 8.74. The molecule has 1 saturated carbocycles. The number of guanidine groups is 1. The van der Waals surface area contributed by atoms with Crippen molar-refractivity contribution in [1.29, 1.82) is 0 Å². The Balaban J connectivity index is 0.00000243. The Hall–Kier alpha value is -1.25. The highest BCUT2D eigenvalue weighted by Crippen LogP contribution is 2.26. The topological polar surface area (TPSA) is 69.9 Å². The molecule has 1 aromatic rings. The van der Waals surface area contributed by atoms with Crippen LogP contribution in [0, 0.1) is 5.92 Å². The fraction of sp³-hybridized carbons (Fsp3) is 0.684. The summed E-state index contributed by atoms with van der Waals surface area (Å²) in [4.78, 5) is 19.0. The van der Waals surface area contributed by atoms with Gasteiger partial charge in [-0.25, -0.2) is 0 Å². The van der Waals surface area contributed by atoms with E-state index in [1.165, 1.54) is 19.3 Å². The van der Waals surface area contributed by atoms with Crippen molar-refractivity contribution in [2.45, 2.75) is 51.0 Å². The minimum Gasteiger partial charge on any atom is -0.469 e. The summed E-state index contributed by atoms with van der Waals surface area (Å²) in [7, 11) is 1.78. The summed E-state index contributed by atoms with van der Waals surface area (Å²) >= 11 is 0. The van der Waals surface area contributed by atoms with Crippen LogP contribution in [0.3, 0.4) is 0 Å². The first-order valence-electron chi connectivity index (χ1n) is 9.54. The molecule has 3 rings (SSSR count). The molecule has 1 atom stereocenters. The van der Waals surface area contributed by atoms with Crippen molar-refractivity contribution in [3.63, 3.8) is 0 Å². The van der Waals surface area contributed by atoms with E-state index in [1.54, 1.807) is 13.3 Å². The minimum atomic E-state index is 0. The van der Waals surface area contributed by atoms with Crippen LogP contribution in [0.1, 0.15) is 44.3 Å². The lowest BCUT2D eigenvalue weighted by molar-refractivity contribution is -0.135. The molecule has 146 valence electrons. The van der Waals surface area contributed by atoms with Crippen LogP contribution in [-0.2, 0) is 11.2 Å². The summed E-state index contributed by atoms with van der Waals surface area (Å²) in [6.45, 7) is 2.41. The lowest BCUT2D eigenvalue weighted by Crippen LogP contribution is -2.46. The van der Waals surface area contributed by atoms with E-state index in [2.05, 4.69) is 15.6 Å². The molecule has 2 heterocycles. The van der Waals surface area contributed by atoms with E-state index < -0.39 is 0 Å². The van der Waals surface area contributed by atoms with Gasteiger partial charge in [-0.3, -0.25) is 9.79 Å². The molecule has 0 bridgehead atoms. The van der Waals surface area contributed by atoms with E-state index in [0.717, 1.165) is 57.0 Å². The number of nitrogens with one attached hydrogen (secondary N) is 2. The van der Waals surface area contributed by atoms with Gasteiger partial charge in [0.15, 0.2) is 5.96 Å². The lowest BCUT2D eigenvalue weighted by Gasteiger charge is -2.26. The number of hydrogen-bond donors (Lipinski definition) is 2. The Morgan fingerprint density at radius 1 is 1.31 bits per heavy atom. The van der Waals surface area contributed by atoms with Crippen LogP contribution in [0.2, 0.25) is 0 Å². The first kappa shape index (κ1) is 21.1. The van der Waals surface area contributed by atoms with E-state index in [-0.39, 0.29) is 35.9 Å². The average molecular weight is 474 g/mol. The molecule has 1 aliphatic heterocycles. The number of nitrogens with zero attached hydrogens (tertiary/aromatic N) is 2. The smallest absolute Gasteiger partial charge is 0.225 e. The Labute approximate surface area is 173 Å². The van der Waals surface area contributed by atoms with Gasteiger partial charge >= 0.3 is 0 Å². The molecule has 1 unspecified atom stereocenters. The maximum atomic E-state index is 12.6. The van der Waals surface area contributed by atoms with E-state index in [1.807, 2.05) is 17.0 Å². The summed E-state index contributed by atoms with van der Waals surface area (Å²) in [6.07, 6.45) is 9.35. The number of likely N-dealkylation sites (tertiary alicyclic amines) is 1. The zero-order valence-corrected chi connectivity index (χ0v) is 17.9. The molecule has 0 spiro atoms. The number of aliphatic imine (C=N–C) groups is 1. The van der Waals surface area contributed by atoms with Gasteiger partial charge in [-0.2, -0.15) is 0 Å². The van der Waals surface area contributed by atoms with Crippen LogP contribution < -0.4 is 10.6 Å². The third kappa shape index (κ3) is 5.89. The molecule has 1 amide bonds. The fourth-order valence-corrected chi connectivity index (χ4v) is 3.83.